The van der Waals surface area contributed by atoms with Crippen LogP contribution in [-0.2, 0) is 14.3 Å². The maximum Gasteiger partial charge on any atom is 0.338 e. The number of carbonyl (C=O) groups is 3. The molecule has 1 heterocycles. The van der Waals surface area contributed by atoms with Crippen LogP contribution in [0.15, 0.2) is 35.5 Å². The third-order valence-electron chi connectivity index (χ3n) is 4.49. The molecule has 0 aliphatic carbocycles. The first-order chi connectivity index (χ1) is 13.1. The highest BCUT2D eigenvalue weighted by Gasteiger charge is 2.36. The van der Waals surface area contributed by atoms with E-state index in [0.717, 1.165) is 0 Å². The Morgan fingerprint density at radius 2 is 1.93 bits per heavy atom. The topological polar surface area (TPSA) is 87.7 Å². The van der Waals surface area contributed by atoms with E-state index in [1.165, 1.54) is 4.90 Å². The fourth-order valence-electron chi connectivity index (χ4n) is 3.04. The normalized spacial score (nSPS) is 17.1. The molecule has 28 heavy (non-hydrogen) atoms. The van der Waals surface area contributed by atoms with E-state index in [4.69, 9.17) is 4.74 Å². The van der Waals surface area contributed by atoms with Crippen LogP contribution in [0.2, 0.25) is 0 Å². The van der Waals surface area contributed by atoms with Gasteiger partial charge in [-0.25, -0.2) is 9.59 Å². The molecule has 1 aromatic rings. The number of anilines is 1. The van der Waals surface area contributed by atoms with Crippen LogP contribution in [0.5, 0.6) is 0 Å². The van der Waals surface area contributed by atoms with E-state index in [2.05, 4.69) is 10.6 Å². The first-order valence-electron chi connectivity index (χ1n) is 9.56. The van der Waals surface area contributed by atoms with Crippen LogP contribution < -0.4 is 10.6 Å². The van der Waals surface area contributed by atoms with Gasteiger partial charge in [0.2, 0.25) is 5.91 Å². The van der Waals surface area contributed by atoms with Crippen LogP contribution in [0, 0.1) is 5.92 Å². The molecular formula is C21H29N3O4. The summed E-state index contributed by atoms with van der Waals surface area (Å²) in [6.07, 6.45) is -0.280. The zero-order valence-electron chi connectivity index (χ0n) is 17.3. The average molecular weight is 387 g/mol. The zero-order chi connectivity index (χ0) is 21.0. The SMILES string of the molecule is CCN1C(=O)N[C@@H](c2cccc(NC(=O)C(C)C)c2)C(C(=O)OC(C)C)=C1C. The van der Waals surface area contributed by atoms with Crippen LogP contribution in [0.25, 0.3) is 0 Å². The third-order valence-corrected chi connectivity index (χ3v) is 4.49. The molecule has 7 nitrogen and oxygen atoms in total. The Labute approximate surface area is 166 Å². The summed E-state index contributed by atoms with van der Waals surface area (Å²) in [5.41, 5.74) is 2.26. The highest BCUT2D eigenvalue weighted by Crippen LogP contribution is 2.32. The van der Waals surface area contributed by atoms with Crippen molar-refractivity contribution >= 4 is 23.6 Å². The Morgan fingerprint density at radius 3 is 2.50 bits per heavy atom. The van der Waals surface area contributed by atoms with Gasteiger partial charge in [0, 0.05) is 23.8 Å². The van der Waals surface area contributed by atoms with Gasteiger partial charge in [-0.05, 0) is 45.4 Å². The Kier molecular flexibility index (Phi) is 6.83. The highest BCUT2D eigenvalue weighted by atomic mass is 16.5. The molecule has 1 aromatic carbocycles. The smallest absolute Gasteiger partial charge is 0.338 e. The lowest BCUT2D eigenvalue weighted by atomic mass is 9.94. The number of urea groups is 1. The molecule has 7 heteroatoms. The van der Waals surface area contributed by atoms with Crippen molar-refractivity contribution in [2.75, 3.05) is 11.9 Å². The predicted molar refractivity (Wildman–Crippen MR) is 107 cm³/mol. The maximum absolute atomic E-state index is 12.8. The largest absolute Gasteiger partial charge is 0.459 e. The second-order valence-corrected chi connectivity index (χ2v) is 7.35. The van der Waals surface area contributed by atoms with Crippen molar-refractivity contribution < 1.29 is 19.1 Å². The minimum atomic E-state index is -0.655. The number of carbonyl (C=O) groups excluding carboxylic acids is 3. The second kappa shape index (κ2) is 8.91. The Balaban J connectivity index is 2.46. The fraction of sp³-hybridized carbons (Fsp3) is 0.476. The van der Waals surface area contributed by atoms with Gasteiger partial charge in [0.15, 0.2) is 0 Å². The molecule has 0 saturated heterocycles. The fourth-order valence-corrected chi connectivity index (χ4v) is 3.04. The van der Waals surface area contributed by atoms with Crippen molar-refractivity contribution in [1.82, 2.24) is 10.2 Å². The van der Waals surface area contributed by atoms with Crippen LogP contribution in [0.3, 0.4) is 0 Å². The van der Waals surface area contributed by atoms with Crippen molar-refractivity contribution in [2.45, 2.75) is 53.7 Å². The van der Waals surface area contributed by atoms with Crippen LogP contribution in [0.4, 0.5) is 10.5 Å². The van der Waals surface area contributed by atoms with Gasteiger partial charge in [-0.2, -0.15) is 0 Å². The summed E-state index contributed by atoms with van der Waals surface area (Å²) in [6, 6.07) is 6.20. The number of esters is 1. The standard InChI is InChI=1S/C21H29N3O4/c1-7-24-14(6)17(20(26)28-13(4)5)18(23-21(24)27)15-9-8-10-16(11-15)22-19(25)12(2)3/h8-13,18H,7H2,1-6H3,(H,22,25)(H,23,27)/t18-/m0/s1. The Bertz CT molecular complexity index is 799. The third kappa shape index (κ3) is 4.71. The number of ether oxygens (including phenoxy) is 1. The molecule has 1 aliphatic heterocycles. The van der Waals surface area contributed by atoms with Gasteiger partial charge >= 0.3 is 12.0 Å². The van der Waals surface area contributed by atoms with Crippen molar-refractivity contribution in [3.63, 3.8) is 0 Å². The predicted octanol–water partition coefficient (Wildman–Crippen LogP) is 3.59. The number of allylic oxidation sites excluding steroid dienone is 1. The molecule has 0 bridgehead atoms. The van der Waals surface area contributed by atoms with Gasteiger partial charge in [0.1, 0.15) is 0 Å². The summed E-state index contributed by atoms with van der Waals surface area (Å²) < 4.78 is 5.42. The average Bonchev–Trinajstić information content (AvgIpc) is 2.60. The molecule has 0 unspecified atom stereocenters. The van der Waals surface area contributed by atoms with E-state index < -0.39 is 12.0 Å². The van der Waals surface area contributed by atoms with Gasteiger partial charge in [-0.3, -0.25) is 9.69 Å². The summed E-state index contributed by atoms with van der Waals surface area (Å²) in [5.74, 6) is -0.726. The first-order valence-corrected chi connectivity index (χ1v) is 9.56. The number of hydrogen-bond acceptors (Lipinski definition) is 4. The summed E-state index contributed by atoms with van der Waals surface area (Å²) >= 11 is 0. The van der Waals surface area contributed by atoms with Gasteiger partial charge in [-0.15, -0.1) is 0 Å². The Morgan fingerprint density at radius 1 is 1.25 bits per heavy atom. The van der Waals surface area contributed by atoms with Gasteiger partial charge < -0.3 is 15.4 Å². The maximum atomic E-state index is 12.8. The molecule has 0 fully saturated rings. The molecule has 2 rings (SSSR count). The molecular weight excluding hydrogens is 358 g/mol. The summed E-state index contributed by atoms with van der Waals surface area (Å²) in [6.45, 7) is 11.2. The van der Waals surface area contributed by atoms with E-state index in [-0.39, 0.29) is 24.0 Å². The molecule has 0 radical (unpaired) electrons. The minimum absolute atomic E-state index is 0.104. The summed E-state index contributed by atoms with van der Waals surface area (Å²) in [7, 11) is 0. The van der Waals surface area contributed by atoms with Gasteiger partial charge in [0.05, 0.1) is 17.7 Å². The van der Waals surface area contributed by atoms with Crippen molar-refractivity contribution in [1.29, 1.82) is 0 Å². The highest BCUT2D eigenvalue weighted by molar-refractivity contribution is 5.95. The van der Waals surface area contributed by atoms with Crippen molar-refractivity contribution in [2.24, 2.45) is 5.92 Å². The van der Waals surface area contributed by atoms with Crippen LogP contribution >= 0.6 is 0 Å². The molecule has 3 amide bonds. The van der Waals surface area contributed by atoms with E-state index in [0.29, 0.717) is 29.1 Å². The molecule has 152 valence electrons. The molecule has 0 spiro atoms. The summed E-state index contributed by atoms with van der Waals surface area (Å²) in [5, 5.41) is 5.73. The van der Waals surface area contributed by atoms with Crippen molar-refractivity contribution in [3.05, 3.63) is 41.1 Å². The summed E-state index contributed by atoms with van der Waals surface area (Å²) in [4.78, 5) is 38.8. The van der Waals surface area contributed by atoms with Crippen LogP contribution in [0.1, 0.15) is 53.1 Å². The molecule has 1 atom stereocenters. The number of amides is 3. The van der Waals surface area contributed by atoms with Gasteiger partial charge in [0.25, 0.3) is 0 Å². The van der Waals surface area contributed by atoms with E-state index in [9.17, 15) is 14.4 Å². The monoisotopic (exact) mass is 387 g/mol. The van der Waals surface area contributed by atoms with E-state index >= 15 is 0 Å². The number of hydrogen-bond donors (Lipinski definition) is 2. The quantitative estimate of drug-likeness (QED) is 0.730. The lowest BCUT2D eigenvalue weighted by molar-refractivity contribution is -0.143. The molecule has 1 aliphatic rings. The van der Waals surface area contributed by atoms with E-state index in [1.807, 2.05) is 26.8 Å². The van der Waals surface area contributed by atoms with Crippen molar-refractivity contribution in [3.8, 4) is 0 Å². The first kappa shape index (κ1) is 21.5. The number of benzene rings is 1. The minimum Gasteiger partial charge on any atom is -0.459 e. The van der Waals surface area contributed by atoms with Gasteiger partial charge in [-0.1, -0.05) is 26.0 Å². The number of nitrogens with zero attached hydrogens (tertiary/aromatic N) is 1. The molecule has 2 N–H and O–H groups in total. The number of rotatable bonds is 6. The van der Waals surface area contributed by atoms with E-state index in [1.54, 1.807) is 39.0 Å². The molecule has 0 saturated carbocycles. The lowest BCUT2D eigenvalue weighted by Crippen LogP contribution is -2.48. The molecule has 0 aromatic heterocycles. The van der Waals surface area contributed by atoms with Crippen LogP contribution in [-0.4, -0.2) is 35.5 Å². The Hall–Kier alpha value is -2.83. The zero-order valence-corrected chi connectivity index (χ0v) is 17.3. The lowest BCUT2D eigenvalue weighted by Gasteiger charge is -2.35. The number of nitrogens with one attached hydrogen (secondary N) is 2. The second-order valence-electron chi connectivity index (χ2n) is 7.35.